The van der Waals surface area contributed by atoms with E-state index in [4.69, 9.17) is 11.6 Å². The van der Waals surface area contributed by atoms with Gasteiger partial charge in [0, 0.05) is 56.2 Å². The summed E-state index contributed by atoms with van der Waals surface area (Å²) in [5.74, 6) is -1.84. The Morgan fingerprint density at radius 1 is 1.21 bits per heavy atom. The third kappa shape index (κ3) is 4.43. The second kappa shape index (κ2) is 8.72. The van der Waals surface area contributed by atoms with Gasteiger partial charge in [-0.3, -0.25) is 14.4 Å². The normalized spacial score (nSPS) is 19.5. The number of carbonyl (C=O) groups is 3. The van der Waals surface area contributed by atoms with Crippen LogP contribution in [-0.2, 0) is 27.2 Å². The minimum absolute atomic E-state index is 0.0220. The molecule has 2 amide bonds. The van der Waals surface area contributed by atoms with Crippen molar-refractivity contribution < 1.29 is 23.9 Å². The number of Topliss-reactive ketones (excluding diaryl/α,β-unsaturated/α-hetero) is 1. The molecule has 4 rings (SSSR count). The van der Waals surface area contributed by atoms with E-state index in [0.717, 1.165) is 11.1 Å². The van der Waals surface area contributed by atoms with Gasteiger partial charge in [0.25, 0.3) is 5.91 Å². The average molecular weight is 471 g/mol. The highest BCUT2D eigenvalue weighted by atomic mass is 35.5. The Balaban J connectivity index is 1.48. The minimum atomic E-state index is -2.11. The molecule has 0 unspecified atom stereocenters. The lowest BCUT2D eigenvalue weighted by atomic mass is 9.92. The number of amides is 2. The van der Waals surface area contributed by atoms with Crippen molar-refractivity contribution in [3.05, 3.63) is 69.5 Å². The molecule has 1 aliphatic carbocycles. The first kappa shape index (κ1) is 23.1. The number of aryl methyl sites for hydroxylation is 1. The van der Waals surface area contributed by atoms with Crippen LogP contribution in [0.4, 0.5) is 10.1 Å². The fourth-order valence-electron chi connectivity index (χ4n) is 4.34. The van der Waals surface area contributed by atoms with E-state index in [1.54, 1.807) is 32.3 Å². The molecule has 6 nitrogen and oxygen atoms in total. The predicted molar refractivity (Wildman–Crippen MR) is 123 cm³/mol. The highest BCUT2D eigenvalue weighted by molar-refractivity contribution is 6.30. The van der Waals surface area contributed by atoms with Crippen LogP contribution >= 0.6 is 11.6 Å². The number of aliphatic hydroxyl groups is 1. The van der Waals surface area contributed by atoms with Crippen LogP contribution in [-0.4, -0.2) is 53.8 Å². The predicted octanol–water partition coefficient (Wildman–Crippen LogP) is 3.18. The third-order valence-corrected chi connectivity index (χ3v) is 6.37. The van der Waals surface area contributed by atoms with E-state index in [9.17, 15) is 23.9 Å². The fraction of sp³-hybridized carbons (Fsp3) is 0.320. The molecule has 8 heteroatoms. The van der Waals surface area contributed by atoms with Gasteiger partial charge < -0.3 is 14.9 Å². The molecular weight excluding hydrogens is 447 g/mol. The maximum atomic E-state index is 13.5. The lowest BCUT2D eigenvalue weighted by molar-refractivity contribution is -0.147. The number of hydrogen-bond donors (Lipinski definition) is 1. The van der Waals surface area contributed by atoms with Crippen LogP contribution in [0.1, 0.15) is 29.5 Å². The Morgan fingerprint density at radius 3 is 2.67 bits per heavy atom. The van der Waals surface area contributed by atoms with Crippen molar-refractivity contribution in [2.75, 3.05) is 25.5 Å². The number of carbonyl (C=O) groups excluding carboxylic acids is 3. The van der Waals surface area contributed by atoms with Gasteiger partial charge in [0.2, 0.25) is 11.5 Å². The summed E-state index contributed by atoms with van der Waals surface area (Å²) in [5, 5.41) is 11.1. The van der Waals surface area contributed by atoms with Gasteiger partial charge in [-0.1, -0.05) is 17.7 Å². The van der Waals surface area contributed by atoms with Gasteiger partial charge in [-0.25, -0.2) is 4.39 Å². The summed E-state index contributed by atoms with van der Waals surface area (Å²) in [6.45, 7) is 0.193. The first-order valence-corrected chi connectivity index (χ1v) is 11.0. The largest absolute Gasteiger partial charge is 0.373 e. The molecule has 1 aliphatic heterocycles. The van der Waals surface area contributed by atoms with Crippen molar-refractivity contribution in [3.8, 4) is 0 Å². The Hall–Kier alpha value is -3.03. The molecule has 1 atom stereocenters. The van der Waals surface area contributed by atoms with E-state index in [0.29, 0.717) is 23.2 Å². The molecule has 172 valence electrons. The molecule has 2 aromatic carbocycles. The number of likely N-dealkylation sites (N-methyl/N-ethyl adjacent to an activating group) is 1. The summed E-state index contributed by atoms with van der Waals surface area (Å²) in [7, 11) is 3.39. The van der Waals surface area contributed by atoms with Gasteiger partial charge in [0.1, 0.15) is 5.82 Å². The Kier molecular flexibility index (Phi) is 6.12. The Bertz CT molecular complexity index is 1170. The zero-order valence-corrected chi connectivity index (χ0v) is 19.2. The molecule has 0 aromatic heterocycles. The van der Waals surface area contributed by atoms with Gasteiger partial charge in [-0.2, -0.15) is 0 Å². The third-order valence-electron chi connectivity index (χ3n) is 6.15. The SMILES string of the molecule is CN(C)C(=O)C1=Cc2cc(N3CC[C@](O)(C(=O)CCc4cc(F)cc(Cl)c4)C3=O)ccc2C1. The van der Waals surface area contributed by atoms with Crippen LogP contribution in [0.3, 0.4) is 0 Å². The van der Waals surface area contributed by atoms with E-state index in [-0.39, 0.29) is 36.7 Å². The first-order valence-electron chi connectivity index (χ1n) is 10.7. The molecule has 1 N–H and O–H groups in total. The number of hydrogen-bond acceptors (Lipinski definition) is 4. The molecule has 1 fully saturated rings. The maximum Gasteiger partial charge on any atom is 0.266 e. The summed E-state index contributed by atoms with van der Waals surface area (Å²) in [6.07, 6.45) is 2.36. The number of nitrogens with zero attached hydrogens (tertiary/aromatic N) is 2. The number of benzene rings is 2. The summed E-state index contributed by atoms with van der Waals surface area (Å²) < 4.78 is 13.5. The van der Waals surface area contributed by atoms with Crippen LogP contribution in [0.2, 0.25) is 5.02 Å². The van der Waals surface area contributed by atoms with E-state index < -0.39 is 23.1 Å². The summed E-state index contributed by atoms with van der Waals surface area (Å²) in [4.78, 5) is 41.0. The summed E-state index contributed by atoms with van der Waals surface area (Å²) >= 11 is 5.85. The van der Waals surface area contributed by atoms with Crippen molar-refractivity contribution in [2.45, 2.75) is 31.3 Å². The second-order valence-corrected chi connectivity index (χ2v) is 9.13. The lowest BCUT2D eigenvalue weighted by Crippen LogP contribution is -2.47. The van der Waals surface area contributed by atoms with Gasteiger partial charge >= 0.3 is 0 Å². The zero-order valence-electron chi connectivity index (χ0n) is 18.4. The van der Waals surface area contributed by atoms with Crippen molar-refractivity contribution >= 4 is 41.0 Å². The highest BCUT2D eigenvalue weighted by Gasteiger charge is 2.50. The summed E-state index contributed by atoms with van der Waals surface area (Å²) in [5.41, 5.74) is 1.47. The smallest absolute Gasteiger partial charge is 0.266 e. The standard InChI is InChI=1S/C25H24ClFN2O4/c1-28(2)23(31)18-11-16-4-5-21(13-17(16)12-18)29-8-7-25(33,24(29)32)22(30)6-3-15-9-19(26)14-20(27)10-15/h4-5,9-10,12-14,33H,3,6-8,11H2,1-2H3/t25-/m0/s1. The van der Waals surface area contributed by atoms with Gasteiger partial charge in [0.15, 0.2) is 5.78 Å². The molecular formula is C25H24ClFN2O4. The van der Waals surface area contributed by atoms with E-state index in [1.807, 2.05) is 12.1 Å². The van der Waals surface area contributed by atoms with Crippen LogP contribution in [0.5, 0.6) is 0 Å². The van der Waals surface area contributed by atoms with Crippen molar-refractivity contribution in [1.29, 1.82) is 0 Å². The monoisotopic (exact) mass is 470 g/mol. The molecule has 0 radical (unpaired) electrons. The fourth-order valence-corrected chi connectivity index (χ4v) is 4.59. The molecule has 1 heterocycles. The molecule has 0 saturated carbocycles. The van der Waals surface area contributed by atoms with Crippen molar-refractivity contribution in [1.82, 2.24) is 4.90 Å². The minimum Gasteiger partial charge on any atom is -0.373 e. The second-order valence-electron chi connectivity index (χ2n) is 8.70. The average Bonchev–Trinajstić information content (AvgIpc) is 3.32. The topological polar surface area (TPSA) is 77.9 Å². The Labute approximate surface area is 196 Å². The van der Waals surface area contributed by atoms with Crippen LogP contribution in [0.25, 0.3) is 6.08 Å². The molecule has 33 heavy (non-hydrogen) atoms. The van der Waals surface area contributed by atoms with Crippen LogP contribution < -0.4 is 4.90 Å². The summed E-state index contributed by atoms with van der Waals surface area (Å²) in [6, 6.07) is 9.42. The van der Waals surface area contributed by atoms with Crippen molar-refractivity contribution in [3.63, 3.8) is 0 Å². The molecule has 2 aliphatic rings. The molecule has 0 spiro atoms. The zero-order chi connectivity index (χ0) is 23.9. The molecule has 1 saturated heterocycles. The van der Waals surface area contributed by atoms with E-state index in [2.05, 4.69) is 0 Å². The number of ketones is 1. The Morgan fingerprint density at radius 2 is 1.97 bits per heavy atom. The number of rotatable bonds is 6. The lowest BCUT2D eigenvalue weighted by Gasteiger charge is -2.22. The van der Waals surface area contributed by atoms with Gasteiger partial charge in [-0.05, 0) is 59.5 Å². The number of fused-ring (bicyclic) bond motifs is 1. The van der Waals surface area contributed by atoms with E-state index >= 15 is 0 Å². The van der Waals surface area contributed by atoms with Gasteiger partial charge in [0.05, 0.1) is 0 Å². The molecule has 2 aromatic rings. The maximum absolute atomic E-state index is 13.5. The highest BCUT2D eigenvalue weighted by Crippen LogP contribution is 2.34. The quantitative estimate of drug-likeness (QED) is 0.658. The molecule has 0 bridgehead atoms. The van der Waals surface area contributed by atoms with Crippen molar-refractivity contribution in [2.24, 2.45) is 0 Å². The van der Waals surface area contributed by atoms with Crippen LogP contribution in [0, 0.1) is 5.82 Å². The number of halogens is 2. The first-order chi connectivity index (χ1) is 15.6. The number of anilines is 1. The van der Waals surface area contributed by atoms with Crippen LogP contribution in [0.15, 0.2) is 42.0 Å². The van der Waals surface area contributed by atoms with Gasteiger partial charge in [-0.15, -0.1) is 0 Å². The van der Waals surface area contributed by atoms with E-state index in [1.165, 1.54) is 21.9 Å².